The highest BCUT2D eigenvalue weighted by Gasteiger charge is 2.48. The topological polar surface area (TPSA) is 89.0 Å². The number of aromatic nitrogens is 1. The molecule has 0 radical (unpaired) electrons. The smallest absolute Gasteiger partial charge is 0.301 e. The molecule has 1 atom stereocenters. The molecular formula is C31H30N2O5S. The Hall–Kier alpha value is -4.17. The van der Waals surface area contributed by atoms with Crippen LogP contribution in [0, 0.1) is 0 Å². The van der Waals surface area contributed by atoms with Crippen molar-refractivity contribution in [3.63, 3.8) is 0 Å². The molecule has 1 fully saturated rings. The number of rotatable bonds is 9. The fraction of sp³-hybridized carbons (Fsp3) is 0.258. The number of aliphatic hydroxyl groups is 1. The van der Waals surface area contributed by atoms with E-state index in [4.69, 9.17) is 14.5 Å². The molecule has 1 N–H and O–H groups in total. The standard InChI is InChI=1S/C31H30N2O5S/c1-4-16-38-22-9-7-8-21(17-22)28(34)26-27(20-12-10-19(5-2)11-13-20)33(30(36)29(26)35)31-32-24-15-14-23(37-6-3)18-25(24)39-31/h7-15,17-18,27,34H,4-6,16H2,1-3H3/b28-26+. The first-order valence-electron chi connectivity index (χ1n) is 13.1. The average Bonchev–Trinajstić information content (AvgIpc) is 3.49. The zero-order valence-corrected chi connectivity index (χ0v) is 23.0. The highest BCUT2D eigenvalue weighted by atomic mass is 32.1. The van der Waals surface area contributed by atoms with Crippen LogP contribution in [0.2, 0.25) is 0 Å². The molecule has 1 amide bonds. The number of anilines is 1. The van der Waals surface area contributed by atoms with Crippen LogP contribution < -0.4 is 14.4 Å². The first-order valence-corrected chi connectivity index (χ1v) is 13.9. The van der Waals surface area contributed by atoms with E-state index in [1.807, 2.05) is 56.3 Å². The summed E-state index contributed by atoms with van der Waals surface area (Å²) in [6.45, 7) is 7.05. The monoisotopic (exact) mass is 542 g/mol. The molecule has 5 rings (SSSR count). The molecule has 0 spiro atoms. The Morgan fingerprint density at radius 3 is 2.46 bits per heavy atom. The van der Waals surface area contributed by atoms with E-state index in [2.05, 4.69) is 6.92 Å². The summed E-state index contributed by atoms with van der Waals surface area (Å²) in [4.78, 5) is 33.2. The van der Waals surface area contributed by atoms with E-state index >= 15 is 0 Å². The number of fused-ring (bicyclic) bond motifs is 1. The van der Waals surface area contributed by atoms with Crippen LogP contribution >= 0.6 is 11.3 Å². The highest BCUT2D eigenvalue weighted by molar-refractivity contribution is 7.22. The third-order valence-electron chi connectivity index (χ3n) is 6.59. The minimum Gasteiger partial charge on any atom is -0.507 e. The fourth-order valence-corrected chi connectivity index (χ4v) is 5.66. The number of hydrogen-bond donors (Lipinski definition) is 1. The second kappa shape index (κ2) is 11.3. The van der Waals surface area contributed by atoms with Crippen LogP contribution in [0.15, 0.2) is 72.3 Å². The number of aliphatic hydroxyl groups excluding tert-OH is 1. The summed E-state index contributed by atoms with van der Waals surface area (Å²) < 4.78 is 12.2. The predicted molar refractivity (Wildman–Crippen MR) is 154 cm³/mol. The number of hydrogen-bond acceptors (Lipinski definition) is 7. The largest absolute Gasteiger partial charge is 0.507 e. The number of thiazole rings is 1. The number of amides is 1. The molecule has 1 unspecified atom stereocenters. The van der Waals surface area contributed by atoms with Crippen LogP contribution in [-0.4, -0.2) is 35.0 Å². The fourth-order valence-electron chi connectivity index (χ4n) is 4.64. The number of Topliss-reactive ketones (excluding diaryl/α,β-unsaturated/α-hetero) is 1. The van der Waals surface area contributed by atoms with Gasteiger partial charge in [0, 0.05) is 5.56 Å². The maximum absolute atomic E-state index is 13.6. The van der Waals surface area contributed by atoms with E-state index in [-0.39, 0.29) is 11.3 Å². The maximum Gasteiger partial charge on any atom is 0.301 e. The zero-order valence-electron chi connectivity index (χ0n) is 22.1. The number of ketones is 1. The number of carbonyl (C=O) groups is 2. The molecule has 2 heterocycles. The van der Waals surface area contributed by atoms with Gasteiger partial charge in [0.1, 0.15) is 17.3 Å². The molecular weight excluding hydrogens is 512 g/mol. The third kappa shape index (κ3) is 5.12. The Balaban J connectivity index is 1.65. The van der Waals surface area contributed by atoms with E-state index in [1.165, 1.54) is 16.2 Å². The van der Waals surface area contributed by atoms with E-state index in [1.54, 1.807) is 24.3 Å². The number of ether oxygens (including phenoxy) is 2. The number of benzene rings is 3. The SMILES string of the molecule is CCCOc1cccc(/C(O)=C2\C(=O)C(=O)N(c3nc4ccc(OCC)cc4s3)C2c2ccc(CC)cc2)c1. The lowest BCUT2D eigenvalue weighted by atomic mass is 9.94. The quantitative estimate of drug-likeness (QED) is 0.144. The first kappa shape index (κ1) is 26.4. The Morgan fingerprint density at radius 1 is 0.974 bits per heavy atom. The van der Waals surface area contributed by atoms with E-state index < -0.39 is 17.7 Å². The Morgan fingerprint density at radius 2 is 1.74 bits per heavy atom. The van der Waals surface area contributed by atoms with Crippen LogP contribution in [0.3, 0.4) is 0 Å². The molecule has 0 saturated carbocycles. The van der Waals surface area contributed by atoms with Crippen molar-refractivity contribution in [3.8, 4) is 11.5 Å². The Bertz CT molecular complexity index is 1560. The van der Waals surface area contributed by atoms with Gasteiger partial charge in [0.2, 0.25) is 0 Å². The molecule has 1 aromatic heterocycles. The second-order valence-electron chi connectivity index (χ2n) is 9.20. The van der Waals surface area contributed by atoms with Gasteiger partial charge in [-0.3, -0.25) is 14.5 Å². The van der Waals surface area contributed by atoms with Crippen LogP contribution in [0.25, 0.3) is 16.0 Å². The summed E-state index contributed by atoms with van der Waals surface area (Å²) in [6.07, 6.45) is 1.69. The third-order valence-corrected chi connectivity index (χ3v) is 7.61. The van der Waals surface area contributed by atoms with Gasteiger partial charge in [0.05, 0.1) is 35.0 Å². The van der Waals surface area contributed by atoms with Crippen molar-refractivity contribution in [2.45, 2.75) is 39.7 Å². The summed E-state index contributed by atoms with van der Waals surface area (Å²) in [5, 5.41) is 11.9. The van der Waals surface area contributed by atoms with Crippen molar-refractivity contribution in [2.24, 2.45) is 0 Å². The highest BCUT2D eigenvalue weighted by Crippen LogP contribution is 2.44. The molecule has 4 aromatic rings. The lowest BCUT2D eigenvalue weighted by molar-refractivity contribution is -0.132. The molecule has 0 bridgehead atoms. The molecule has 1 aliphatic heterocycles. The zero-order chi connectivity index (χ0) is 27.5. The molecule has 3 aromatic carbocycles. The van der Waals surface area contributed by atoms with Crippen molar-refractivity contribution in [1.82, 2.24) is 4.98 Å². The predicted octanol–water partition coefficient (Wildman–Crippen LogP) is 6.67. The van der Waals surface area contributed by atoms with Gasteiger partial charge in [-0.15, -0.1) is 0 Å². The van der Waals surface area contributed by atoms with Crippen LogP contribution in [-0.2, 0) is 16.0 Å². The number of nitrogens with zero attached hydrogens (tertiary/aromatic N) is 2. The van der Waals surface area contributed by atoms with Gasteiger partial charge in [0.25, 0.3) is 5.78 Å². The Labute approximate surface area is 231 Å². The molecule has 1 saturated heterocycles. The molecule has 7 nitrogen and oxygen atoms in total. The molecule has 39 heavy (non-hydrogen) atoms. The van der Waals surface area contributed by atoms with Gasteiger partial charge < -0.3 is 14.6 Å². The minimum absolute atomic E-state index is 0.0196. The summed E-state index contributed by atoms with van der Waals surface area (Å²) in [5.41, 5.74) is 2.95. The molecule has 200 valence electrons. The second-order valence-corrected chi connectivity index (χ2v) is 10.2. The van der Waals surface area contributed by atoms with Crippen LogP contribution in [0.5, 0.6) is 11.5 Å². The minimum atomic E-state index is -0.844. The van der Waals surface area contributed by atoms with Crippen molar-refractivity contribution in [1.29, 1.82) is 0 Å². The van der Waals surface area contributed by atoms with E-state index in [0.717, 1.165) is 23.1 Å². The van der Waals surface area contributed by atoms with Crippen LogP contribution in [0.4, 0.5) is 5.13 Å². The van der Waals surface area contributed by atoms with Crippen molar-refractivity contribution >= 4 is 44.1 Å². The Kier molecular flexibility index (Phi) is 7.65. The molecule has 0 aliphatic carbocycles. The van der Waals surface area contributed by atoms with Gasteiger partial charge in [-0.1, -0.05) is 61.6 Å². The van der Waals surface area contributed by atoms with E-state index in [9.17, 15) is 14.7 Å². The normalized spacial score (nSPS) is 16.7. The lowest BCUT2D eigenvalue weighted by Gasteiger charge is -2.23. The van der Waals surface area contributed by atoms with Gasteiger partial charge in [-0.05, 0) is 61.2 Å². The summed E-state index contributed by atoms with van der Waals surface area (Å²) >= 11 is 1.31. The van der Waals surface area contributed by atoms with Gasteiger partial charge in [-0.2, -0.15) is 0 Å². The summed E-state index contributed by atoms with van der Waals surface area (Å²) in [7, 11) is 0. The molecule has 1 aliphatic rings. The summed E-state index contributed by atoms with van der Waals surface area (Å²) in [5.74, 6) is -0.453. The number of aryl methyl sites for hydroxylation is 1. The van der Waals surface area contributed by atoms with Crippen molar-refractivity contribution < 1.29 is 24.2 Å². The summed E-state index contributed by atoms with van der Waals surface area (Å²) in [6, 6.07) is 19.4. The van der Waals surface area contributed by atoms with Crippen LogP contribution in [0.1, 0.15) is 49.9 Å². The van der Waals surface area contributed by atoms with E-state index in [0.29, 0.717) is 46.5 Å². The maximum atomic E-state index is 13.6. The lowest BCUT2D eigenvalue weighted by Crippen LogP contribution is -2.29. The average molecular weight is 543 g/mol. The first-order chi connectivity index (χ1) is 18.9. The van der Waals surface area contributed by atoms with Crippen molar-refractivity contribution in [2.75, 3.05) is 18.1 Å². The van der Waals surface area contributed by atoms with Crippen molar-refractivity contribution in [3.05, 3.63) is 89.0 Å². The number of carbonyl (C=O) groups excluding carboxylic acids is 2. The molecule has 8 heteroatoms. The van der Waals surface area contributed by atoms with Gasteiger partial charge in [-0.25, -0.2) is 4.98 Å². The van der Waals surface area contributed by atoms with Gasteiger partial charge in [0.15, 0.2) is 5.13 Å². The van der Waals surface area contributed by atoms with Gasteiger partial charge >= 0.3 is 5.91 Å².